The summed E-state index contributed by atoms with van der Waals surface area (Å²) in [6, 6.07) is 25.7. The first-order valence-corrected chi connectivity index (χ1v) is 10.2. The van der Waals surface area contributed by atoms with Crippen molar-refractivity contribution in [2.75, 3.05) is 0 Å². The Balaban J connectivity index is 0.000000177. The third-order valence-corrected chi connectivity index (χ3v) is 4.71. The van der Waals surface area contributed by atoms with Crippen molar-refractivity contribution in [2.45, 2.75) is 20.8 Å². The summed E-state index contributed by atoms with van der Waals surface area (Å²) in [7, 11) is 0. The maximum absolute atomic E-state index is 9.43. The van der Waals surface area contributed by atoms with Gasteiger partial charge in [0, 0.05) is 39.5 Å². The molecule has 5 aromatic rings. The Labute approximate surface area is 204 Å². The maximum Gasteiger partial charge on any atom is 0.141 e. The zero-order chi connectivity index (χ0) is 23.1. The Hall–Kier alpha value is -3.59. The van der Waals surface area contributed by atoms with Gasteiger partial charge in [0.1, 0.15) is 28.3 Å². The minimum absolute atomic E-state index is 0. The number of rotatable bonds is 0. The van der Waals surface area contributed by atoms with Crippen molar-refractivity contribution < 1.29 is 15.3 Å². The molecule has 2 aromatic heterocycles. The van der Waals surface area contributed by atoms with Crippen LogP contribution >= 0.6 is 0 Å². The van der Waals surface area contributed by atoms with E-state index in [1.807, 2.05) is 81.4 Å². The first kappa shape index (κ1) is 25.7. The number of hydrogen-bond donors (Lipinski definition) is 3. The van der Waals surface area contributed by atoms with Gasteiger partial charge in [-0.3, -0.25) is 0 Å². The van der Waals surface area contributed by atoms with Crippen molar-refractivity contribution >= 4 is 39.2 Å². The fourth-order valence-corrected chi connectivity index (χ4v) is 3.00. The Morgan fingerprint density at radius 1 is 0.515 bits per heavy atom. The zero-order valence-corrected chi connectivity index (χ0v) is 20.1. The lowest BCUT2D eigenvalue weighted by Gasteiger charge is -1.99. The Morgan fingerprint density at radius 2 is 0.939 bits per heavy atom. The summed E-state index contributed by atoms with van der Waals surface area (Å²) in [6.45, 7) is 5.80. The van der Waals surface area contributed by atoms with Gasteiger partial charge in [-0.1, -0.05) is 54.1 Å². The predicted molar refractivity (Wildman–Crippen MR) is 135 cm³/mol. The average Bonchev–Trinajstić information content (AvgIpc) is 2.78. The Morgan fingerprint density at radius 3 is 1.33 bits per heavy atom. The molecular weight excluding hydrogens is 427 g/mol. The van der Waals surface area contributed by atoms with E-state index >= 15 is 0 Å². The number of pyridine rings is 2. The van der Waals surface area contributed by atoms with E-state index < -0.39 is 0 Å². The van der Waals surface area contributed by atoms with Crippen molar-refractivity contribution in [1.29, 1.82) is 0 Å². The highest BCUT2D eigenvalue weighted by atomic mass is 27.0. The summed E-state index contributed by atoms with van der Waals surface area (Å²) in [5, 5.41) is 29.6. The Kier molecular flexibility index (Phi) is 9.23. The number of phenols is 3. The summed E-state index contributed by atoms with van der Waals surface area (Å²) in [6.07, 6.45) is 0. The zero-order valence-electron chi connectivity index (χ0n) is 18.9. The van der Waals surface area contributed by atoms with Gasteiger partial charge in [-0.25, -0.2) is 9.97 Å². The number of phenolic OH excluding ortho intramolecular Hbond substituents is 3. The molecule has 0 unspecified atom stereocenters. The molecule has 3 radical (unpaired) electrons. The lowest BCUT2D eigenvalue weighted by molar-refractivity contribution is 0.475. The minimum atomic E-state index is 0. The highest BCUT2D eigenvalue weighted by molar-refractivity contribution is 5.84. The van der Waals surface area contributed by atoms with Gasteiger partial charge in [-0.15, -0.1) is 0 Å². The predicted octanol–water partition coefficient (Wildman–Crippen LogP) is 5.82. The van der Waals surface area contributed by atoms with Crippen LogP contribution < -0.4 is 0 Å². The van der Waals surface area contributed by atoms with Gasteiger partial charge in [0.05, 0.1) is 0 Å². The van der Waals surface area contributed by atoms with Crippen LogP contribution in [-0.4, -0.2) is 42.6 Å². The van der Waals surface area contributed by atoms with Gasteiger partial charge < -0.3 is 15.3 Å². The van der Waals surface area contributed by atoms with E-state index in [4.69, 9.17) is 5.11 Å². The Bertz CT molecular complexity index is 1230. The first-order chi connectivity index (χ1) is 15.3. The number of aromatic nitrogens is 2. The van der Waals surface area contributed by atoms with E-state index in [2.05, 4.69) is 9.97 Å². The molecule has 5 rings (SSSR count). The lowest BCUT2D eigenvalue weighted by Crippen LogP contribution is -1.82. The van der Waals surface area contributed by atoms with Crippen LogP contribution in [0.1, 0.15) is 17.0 Å². The fraction of sp³-hybridized carbons (Fsp3) is 0.111. The minimum Gasteiger partial charge on any atom is -0.508 e. The van der Waals surface area contributed by atoms with Crippen LogP contribution in [0.25, 0.3) is 21.8 Å². The number of para-hydroxylation sites is 2. The van der Waals surface area contributed by atoms with Crippen LogP contribution in [0, 0.1) is 20.8 Å². The highest BCUT2D eigenvalue weighted by Crippen LogP contribution is 2.22. The summed E-state index contributed by atoms with van der Waals surface area (Å²) in [5.74, 6) is 0.822. The number of hydrogen-bond acceptors (Lipinski definition) is 5. The maximum atomic E-state index is 9.43. The first-order valence-electron chi connectivity index (χ1n) is 10.2. The van der Waals surface area contributed by atoms with Crippen molar-refractivity contribution in [3.8, 4) is 17.2 Å². The number of nitrogens with zero attached hydrogens (tertiary/aromatic N) is 2. The molecule has 0 aliphatic carbocycles. The monoisotopic (exact) mass is 453 g/mol. The molecule has 5 nitrogen and oxygen atoms in total. The molecule has 2 heterocycles. The van der Waals surface area contributed by atoms with E-state index in [9.17, 15) is 10.2 Å². The molecular formula is C27H26AlN2O3. The molecule has 0 saturated carbocycles. The molecule has 0 amide bonds. The van der Waals surface area contributed by atoms with Gasteiger partial charge in [-0.2, -0.15) is 0 Å². The molecule has 0 saturated heterocycles. The van der Waals surface area contributed by atoms with E-state index in [0.717, 1.165) is 22.2 Å². The molecule has 33 heavy (non-hydrogen) atoms. The molecule has 0 spiro atoms. The summed E-state index contributed by atoms with van der Waals surface area (Å²) < 4.78 is 0. The van der Waals surface area contributed by atoms with Gasteiger partial charge in [0.25, 0.3) is 0 Å². The van der Waals surface area contributed by atoms with Gasteiger partial charge >= 0.3 is 0 Å². The van der Waals surface area contributed by atoms with E-state index in [0.29, 0.717) is 16.8 Å². The molecule has 6 heteroatoms. The largest absolute Gasteiger partial charge is 0.508 e. The summed E-state index contributed by atoms with van der Waals surface area (Å²) in [5.41, 5.74) is 4.37. The van der Waals surface area contributed by atoms with E-state index in [1.165, 1.54) is 5.56 Å². The molecule has 0 aliphatic heterocycles. The van der Waals surface area contributed by atoms with Gasteiger partial charge in [-0.05, 0) is 57.2 Å². The smallest absolute Gasteiger partial charge is 0.141 e. The molecule has 0 fully saturated rings. The van der Waals surface area contributed by atoms with Crippen molar-refractivity contribution in [2.24, 2.45) is 0 Å². The lowest BCUT2D eigenvalue weighted by atomic mass is 10.2. The van der Waals surface area contributed by atoms with Crippen LogP contribution in [0.2, 0.25) is 0 Å². The normalized spacial score (nSPS) is 9.79. The summed E-state index contributed by atoms with van der Waals surface area (Å²) >= 11 is 0. The number of fused-ring (bicyclic) bond motifs is 2. The molecule has 0 atom stereocenters. The van der Waals surface area contributed by atoms with Crippen LogP contribution in [0.3, 0.4) is 0 Å². The second-order valence-electron chi connectivity index (χ2n) is 7.44. The van der Waals surface area contributed by atoms with Crippen molar-refractivity contribution in [1.82, 2.24) is 9.97 Å². The topological polar surface area (TPSA) is 86.5 Å². The highest BCUT2D eigenvalue weighted by Gasteiger charge is 2.00. The SMILES string of the molecule is Cc1ccc(O)cc1.Cc1ccc2cccc(O)c2n1.Cc1ccc2cccc(O)c2n1.[Al]. The average molecular weight is 453 g/mol. The quantitative estimate of drug-likeness (QED) is 0.257. The van der Waals surface area contributed by atoms with Crippen molar-refractivity contribution in [3.05, 3.63) is 102 Å². The molecule has 165 valence electrons. The fourth-order valence-electron chi connectivity index (χ4n) is 3.00. The van der Waals surface area contributed by atoms with Crippen LogP contribution in [-0.2, 0) is 0 Å². The van der Waals surface area contributed by atoms with Gasteiger partial charge in [0.2, 0.25) is 0 Å². The van der Waals surface area contributed by atoms with Crippen LogP contribution in [0.15, 0.2) is 84.9 Å². The van der Waals surface area contributed by atoms with E-state index in [-0.39, 0.29) is 28.9 Å². The molecule has 0 bridgehead atoms. The van der Waals surface area contributed by atoms with E-state index in [1.54, 1.807) is 24.3 Å². The number of aryl methyl sites for hydroxylation is 3. The third-order valence-electron chi connectivity index (χ3n) is 4.71. The van der Waals surface area contributed by atoms with Gasteiger partial charge in [0.15, 0.2) is 0 Å². The second kappa shape index (κ2) is 11.9. The molecule has 0 aliphatic rings. The summed E-state index contributed by atoms with van der Waals surface area (Å²) in [4.78, 5) is 8.45. The number of benzene rings is 3. The van der Waals surface area contributed by atoms with Crippen LogP contribution in [0.5, 0.6) is 17.2 Å². The molecule has 3 N–H and O–H groups in total. The number of aromatic hydroxyl groups is 3. The molecule has 3 aromatic carbocycles. The third kappa shape index (κ3) is 7.22. The van der Waals surface area contributed by atoms with Crippen LogP contribution in [0.4, 0.5) is 0 Å². The second-order valence-corrected chi connectivity index (χ2v) is 7.44. The standard InChI is InChI=1S/2C10H9NO.C7H8O.Al/c2*1-7-5-6-8-3-2-4-9(12)10(8)11-7;1-6-2-4-7(8)5-3-6;/h2*2-6,12H,1H3;2-5,8H,1H3;. The van der Waals surface area contributed by atoms with Crippen molar-refractivity contribution in [3.63, 3.8) is 0 Å².